The second-order valence-corrected chi connectivity index (χ2v) is 12.0. The molecule has 0 unspecified atom stereocenters. The summed E-state index contributed by atoms with van der Waals surface area (Å²) in [6, 6.07) is 18.5. The summed E-state index contributed by atoms with van der Waals surface area (Å²) in [6.07, 6.45) is 10.4. The van der Waals surface area contributed by atoms with Crippen molar-refractivity contribution in [2.24, 2.45) is 11.8 Å². The van der Waals surface area contributed by atoms with Crippen LogP contribution in [0.25, 0.3) is 22.2 Å². The molecule has 1 aromatic heterocycles. The van der Waals surface area contributed by atoms with Gasteiger partial charge in [-0.3, -0.25) is 9.78 Å². The summed E-state index contributed by atoms with van der Waals surface area (Å²) < 4.78 is 0. The van der Waals surface area contributed by atoms with E-state index < -0.39 is 0 Å². The summed E-state index contributed by atoms with van der Waals surface area (Å²) in [5.74, 6) is 0.991. The number of hydrogen-bond acceptors (Lipinski definition) is 3. The van der Waals surface area contributed by atoms with E-state index in [9.17, 15) is 9.90 Å². The van der Waals surface area contributed by atoms with E-state index in [0.29, 0.717) is 5.76 Å². The summed E-state index contributed by atoms with van der Waals surface area (Å²) in [4.78, 5) is 16.6. The fraction of sp³-hybridized carbons (Fsp3) is 0.486. The van der Waals surface area contributed by atoms with E-state index in [-0.39, 0.29) is 50.6 Å². The first-order chi connectivity index (χ1) is 17.6. The third-order valence-corrected chi connectivity index (χ3v) is 7.80. The quantitative estimate of drug-likeness (QED) is 0.167. The van der Waals surface area contributed by atoms with E-state index in [1.165, 1.54) is 48.3 Å². The fourth-order valence-corrected chi connectivity index (χ4v) is 5.58. The van der Waals surface area contributed by atoms with Crippen molar-refractivity contribution in [3.05, 3.63) is 77.1 Å². The van der Waals surface area contributed by atoms with Gasteiger partial charge in [0.15, 0.2) is 5.78 Å². The molecule has 3 nitrogen and oxygen atoms in total. The van der Waals surface area contributed by atoms with E-state index in [2.05, 4.69) is 83.1 Å². The Kier molecular flexibility index (Phi) is 12.1. The van der Waals surface area contributed by atoms with Crippen molar-refractivity contribution < 1.29 is 30.0 Å². The molecule has 2 aromatic carbocycles. The molecular formula is C35H46IrNO2-. The van der Waals surface area contributed by atoms with Crippen LogP contribution in [-0.2, 0) is 30.3 Å². The summed E-state index contributed by atoms with van der Waals surface area (Å²) in [6.45, 7) is 10.9. The topological polar surface area (TPSA) is 50.2 Å². The number of aliphatic hydroxyl groups is 1. The molecule has 0 aliphatic heterocycles. The van der Waals surface area contributed by atoms with Crippen LogP contribution in [0.3, 0.4) is 0 Å². The minimum absolute atomic E-state index is 0. The monoisotopic (exact) mass is 705 g/mol. The van der Waals surface area contributed by atoms with Gasteiger partial charge in [-0.15, -0.1) is 34.9 Å². The molecule has 3 aromatic rings. The van der Waals surface area contributed by atoms with E-state index in [0.717, 1.165) is 48.0 Å². The van der Waals surface area contributed by atoms with E-state index in [4.69, 9.17) is 4.98 Å². The Bertz CT molecular complexity index is 1260. The van der Waals surface area contributed by atoms with Gasteiger partial charge >= 0.3 is 0 Å². The van der Waals surface area contributed by atoms with Gasteiger partial charge in [0, 0.05) is 38.0 Å². The number of fused-ring (bicyclic) bond motifs is 1. The van der Waals surface area contributed by atoms with Crippen LogP contribution in [0, 0.1) is 31.7 Å². The Morgan fingerprint density at radius 3 is 2.10 bits per heavy atom. The van der Waals surface area contributed by atoms with Crippen LogP contribution in [0.4, 0.5) is 0 Å². The maximum atomic E-state index is 11.8. The van der Waals surface area contributed by atoms with E-state index in [1.54, 1.807) is 0 Å². The first-order valence-electron chi connectivity index (χ1n) is 14.0. The number of benzene rings is 2. The average molecular weight is 705 g/mol. The Morgan fingerprint density at radius 2 is 1.51 bits per heavy atom. The summed E-state index contributed by atoms with van der Waals surface area (Å²) >= 11 is 0. The predicted molar refractivity (Wildman–Crippen MR) is 161 cm³/mol. The van der Waals surface area contributed by atoms with Gasteiger partial charge in [0.05, 0.1) is 11.3 Å². The van der Waals surface area contributed by atoms with Gasteiger partial charge in [0.2, 0.25) is 0 Å². The molecule has 2 fully saturated rings. The summed E-state index contributed by atoms with van der Waals surface area (Å²) in [5.41, 5.74) is 6.96. The largest absolute Gasteiger partial charge is 0.512 e. The van der Waals surface area contributed by atoms with E-state index in [1.807, 2.05) is 0 Å². The van der Waals surface area contributed by atoms with Crippen molar-refractivity contribution in [1.82, 2.24) is 4.98 Å². The number of allylic oxidation sites excluding steroid dienone is 2. The molecule has 1 N–H and O–H groups in total. The van der Waals surface area contributed by atoms with Crippen molar-refractivity contribution in [2.75, 3.05) is 0 Å². The van der Waals surface area contributed by atoms with Crippen LogP contribution in [0.2, 0.25) is 0 Å². The van der Waals surface area contributed by atoms with Gasteiger partial charge in [0.1, 0.15) is 0 Å². The van der Waals surface area contributed by atoms with Gasteiger partial charge in [-0.05, 0) is 53.8 Å². The van der Waals surface area contributed by atoms with Gasteiger partial charge in [0.25, 0.3) is 0 Å². The SMILES string of the molecule is C.Cc1[c-]c(-c2ccc3ccc(C(C)(C)C)cc3n2)cc(C)c1.O=C(C=C(O)C1CCCC1)C1CCCC1.[Ir]. The molecule has 4 heteroatoms. The number of rotatable bonds is 4. The number of hydrogen-bond donors (Lipinski definition) is 1. The number of pyridine rings is 1. The first kappa shape index (κ1) is 32.9. The molecule has 39 heavy (non-hydrogen) atoms. The summed E-state index contributed by atoms with van der Waals surface area (Å²) in [5, 5.41) is 11.0. The van der Waals surface area contributed by atoms with Gasteiger partial charge in [-0.2, -0.15) is 0 Å². The predicted octanol–water partition coefficient (Wildman–Crippen LogP) is 9.63. The molecule has 1 radical (unpaired) electrons. The van der Waals surface area contributed by atoms with Crippen molar-refractivity contribution in [3.8, 4) is 11.3 Å². The number of aliphatic hydroxyl groups excluding tert-OH is 1. The van der Waals surface area contributed by atoms with Crippen molar-refractivity contribution >= 4 is 16.7 Å². The smallest absolute Gasteiger partial charge is 0.162 e. The van der Waals surface area contributed by atoms with Crippen LogP contribution in [0.15, 0.2) is 54.3 Å². The Morgan fingerprint density at radius 1 is 0.923 bits per heavy atom. The third-order valence-electron chi connectivity index (χ3n) is 7.80. The number of ketones is 1. The molecule has 2 aliphatic carbocycles. The molecule has 5 rings (SSSR count). The van der Waals surface area contributed by atoms with Crippen molar-refractivity contribution in [2.45, 2.75) is 98.8 Å². The molecule has 213 valence electrons. The molecule has 0 spiro atoms. The molecule has 0 amide bonds. The van der Waals surface area contributed by atoms with Crippen LogP contribution in [-0.4, -0.2) is 15.9 Å². The zero-order chi connectivity index (χ0) is 26.6. The van der Waals surface area contributed by atoms with Crippen molar-refractivity contribution in [3.63, 3.8) is 0 Å². The zero-order valence-electron chi connectivity index (χ0n) is 23.6. The molecular weight excluding hydrogens is 659 g/mol. The Hall–Kier alpha value is -2.29. The second-order valence-electron chi connectivity index (χ2n) is 12.0. The van der Waals surface area contributed by atoms with Crippen LogP contribution < -0.4 is 0 Å². The fourth-order valence-electron chi connectivity index (χ4n) is 5.58. The Balaban J connectivity index is 0.000000277. The van der Waals surface area contributed by atoms with Crippen LogP contribution >= 0.6 is 0 Å². The third kappa shape index (κ3) is 8.85. The van der Waals surface area contributed by atoms with Crippen molar-refractivity contribution in [1.29, 1.82) is 0 Å². The van der Waals surface area contributed by atoms with Crippen LogP contribution in [0.1, 0.15) is 96.3 Å². The molecule has 0 bridgehead atoms. The standard InChI is InChI=1S/C21H22N.C13H20O2.CH4.Ir/c1-14-10-15(2)12-17(11-14)19-9-7-16-6-8-18(21(3,4)5)13-20(16)22-19;14-12(10-5-1-2-6-10)9-13(15)11-7-3-4-8-11;;/h6-11,13H,1-5H3;9-11,14H,1-8H2;1H4;/q-1;;;. The molecule has 0 atom stereocenters. The average Bonchev–Trinajstić information content (AvgIpc) is 3.57. The van der Waals surface area contributed by atoms with E-state index >= 15 is 0 Å². The van der Waals surface area contributed by atoms with Gasteiger partial charge in [-0.25, -0.2) is 0 Å². The number of carbonyl (C=O) groups is 1. The minimum Gasteiger partial charge on any atom is -0.512 e. The maximum absolute atomic E-state index is 11.8. The molecule has 0 saturated heterocycles. The maximum Gasteiger partial charge on any atom is 0.162 e. The number of aromatic nitrogens is 1. The second kappa shape index (κ2) is 14.4. The Labute approximate surface area is 249 Å². The van der Waals surface area contributed by atoms with Crippen LogP contribution in [0.5, 0.6) is 0 Å². The molecule has 2 saturated carbocycles. The number of nitrogens with zero attached hydrogens (tertiary/aromatic N) is 1. The minimum atomic E-state index is 0. The normalized spacial score (nSPS) is 16.3. The number of aryl methyl sites for hydroxylation is 2. The van der Waals surface area contributed by atoms with Gasteiger partial charge < -0.3 is 5.11 Å². The summed E-state index contributed by atoms with van der Waals surface area (Å²) in [7, 11) is 0. The molecule has 2 aliphatic rings. The molecule has 1 heterocycles. The first-order valence-corrected chi connectivity index (χ1v) is 14.0. The number of carbonyl (C=O) groups excluding carboxylic acids is 1. The zero-order valence-corrected chi connectivity index (χ0v) is 26.0. The van der Waals surface area contributed by atoms with Gasteiger partial charge in [-0.1, -0.05) is 92.0 Å².